The van der Waals surface area contributed by atoms with Gasteiger partial charge in [-0.05, 0) is 6.42 Å². The number of nitriles is 1. The Hall–Kier alpha value is -2.60. The number of aliphatic hydroxyl groups excluding tert-OH is 1. The van der Waals surface area contributed by atoms with Crippen LogP contribution in [0.2, 0.25) is 0 Å². The Labute approximate surface area is 97.8 Å². The van der Waals surface area contributed by atoms with Crippen LogP contribution in [0.25, 0.3) is 4.85 Å². The fourth-order valence-corrected chi connectivity index (χ4v) is 1.42. The Morgan fingerprint density at radius 3 is 2.76 bits per heavy atom. The van der Waals surface area contributed by atoms with Crippen molar-refractivity contribution in [1.29, 1.82) is 5.26 Å². The molecule has 0 aromatic rings. The van der Waals surface area contributed by atoms with E-state index in [1.165, 1.54) is 6.08 Å². The summed E-state index contributed by atoms with van der Waals surface area (Å²) in [6.45, 7) is 6.66. The van der Waals surface area contributed by atoms with E-state index < -0.39 is 4.92 Å². The van der Waals surface area contributed by atoms with Crippen molar-refractivity contribution in [2.75, 3.05) is 0 Å². The van der Waals surface area contributed by atoms with Gasteiger partial charge in [0.15, 0.2) is 0 Å². The quantitative estimate of drug-likeness (QED) is 0.265. The molecular weight excluding hydrogens is 222 g/mol. The van der Waals surface area contributed by atoms with Crippen LogP contribution in [-0.2, 0) is 0 Å². The van der Waals surface area contributed by atoms with E-state index in [0.29, 0.717) is 12.8 Å². The lowest BCUT2D eigenvalue weighted by atomic mass is 9.99. The van der Waals surface area contributed by atoms with Crippen molar-refractivity contribution in [2.24, 2.45) is 0 Å². The summed E-state index contributed by atoms with van der Waals surface area (Å²) in [6.07, 6.45) is 3.78. The molecule has 0 bridgehead atoms. The lowest BCUT2D eigenvalue weighted by molar-refractivity contribution is -0.428. The van der Waals surface area contributed by atoms with Gasteiger partial charge in [0, 0.05) is 18.9 Å². The second kappa shape index (κ2) is 5.47. The average molecular weight is 231 g/mol. The van der Waals surface area contributed by atoms with E-state index >= 15 is 0 Å². The molecule has 0 heterocycles. The SMILES string of the molecule is [C-]#[N+]/C(C#N)=C(\O)CC1=CC=C([N+](=O)[O-])CC1. The number of nitrogens with zero attached hydrogens (tertiary/aromatic N) is 3. The Bertz CT molecular complexity index is 499. The first-order chi connectivity index (χ1) is 8.08. The zero-order chi connectivity index (χ0) is 12.8. The Balaban J connectivity index is 2.81. The van der Waals surface area contributed by atoms with Crippen molar-refractivity contribution in [1.82, 2.24) is 0 Å². The Morgan fingerprint density at radius 2 is 2.35 bits per heavy atom. The summed E-state index contributed by atoms with van der Waals surface area (Å²) in [7, 11) is 0. The molecule has 1 aliphatic carbocycles. The molecule has 6 nitrogen and oxygen atoms in total. The summed E-state index contributed by atoms with van der Waals surface area (Å²) in [6, 6.07) is 1.59. The molecule has 0 atom stereocenters. The smallest absolute Gasteiger partial charge is 0.298 e. The second-order valence-corrected chi connectivity index (χ2v) is 3.44. The highest BCUT2D eigenvalue weighted by atomic mass is 16.6. The highest BCUT2D eigenvalue weighted by Gasteiger charge is 2.16. The third-order valence-corrected chi connectivity index (χ3v) is 2.33. The summed E-state index contributed by atoms with van der Waals surface area (Å²) in [5.74, 6) is -0.285. The van der Waals surface area contributed by atoms with Crippen LogP contribution < -0.4 is 0 Å². The number of nitro groups is 1. The summed E-state index contributed by atoms with van der Waals surface area (Å²) < 4.78 is 0. The van der Waals surface area contributed by atoms with Crippen LogP contribution in [0.5, 0.6) is 0 Å². The molecule has 1 rings (SSSR count). The van der Waals surface area contributed by atoms with Crippen molar-refractivity contribution in [3.8, 4) is 6.07 Å². The van der Waals surface area contributed by atoms with Gasteiger partial charge in [0.2, 0.25) is 5.70 Å². The van der Waals surface area contributed by atoms with Crippen LogP contribution >= 0.6 is 0 Å². The molecule has 0 saturated heterocycles. The molecule has 0 spiro atoms. The molecule has 1 aliphatic rings. The first kappa shape index (κ1) is 12.5. The van der Waals surface area contributed by atoms with Crippen molar-refractivity contribution in [3.05, 3.63) is 56.4 Å². The van der Waals surface area contributed by atoms with Gasteiger partial charge in [-0.25, -0.2) is 10.1 Å². The standard InChI is InChI=1S/C11H9N3O3/c1-13-10(7-12)11(15)6-8-2-4-9(5-3-8)14(16)17/h2,4,15H,3,5-6H2/b11-10-. The minimum Gasteiger partial charge on any atom is -0.522 e. The summed E-state index contributed by atoms with van der Waals surface area (Å²) in [4.78, 5) is 12.9. The maximum atomic E-state index is 10.5. The molecule has 6 heteroatoms. The van der Waals surface area contributed by atoms with Crippen LogP contribution in [0.1, 0.15) is 19.3 Å². The second-order valence-electron chi connectivity index (χ2n) is 3.44. The molecular formula is C11H9N3O3. The highest BCUT2D eigenvalue weighted by Crippen LogP contribution is 2.24. The molecule has 0 unspecified atom stereocenters. The Kier molecular flexibility index (Phi) is 4.02. The van der Waals surface area contributed by atoms with E-state index in [0.717, 1.165) is 5.57 Å². The third-order valence-electron chi connectivity index (χ3n) is 2.33. The maximum absolute atomic E-state index is 10.5. The van der Waals surface area contributed by atoms with E-state index in [4.69, 9.17) is 11.8 Å². The van der Waals surface area contributed by atoms with Gasteiger partial charge >= 0.3 is 0 Å². The van der Waals surface area contributed by atoms with Gasteiger partial charge in [0.25, 0.3) is 5.70 Å². The molecule has 0 amide bonds. The van der Waals surface area contributed by atoms with Crippen molar-refractivity contribution >= 4 is 0 Å². The fourth-order valence-electron chi connectivity index (χ4n) is 1.42. The van der Waals surface area contributed by atoms with E-state index in [1.807, 2.05) is 0 Å². The number of allylic oxidation sites excluding steroid dienone is 5. The molecule has 0 radical (unpaired) electrons. The van der Waals surface area contributed by atoms with Gasteiger partial charge in [0.05, 0.1) is 17.6 Å². The minimum atomic E-state index is -0.442. The van der Waals surface area contributed by atoms with Crippen LogP contribution in [-0.4, -0.2) is 10.0 Å². The van der Waals surface area contributed by atoms with E-state index in [-0.39, 0.29) is 23.6 Å². The van der Waals surface area contributed by atoms with Gasteiger partial charge < -0.3 is 5.11 Å². The molecule has 17 heavy (non-hydrogen) atoms. The van der Waals surface area contributed by atoms with Crippen LogP contribution in [0.15, 0.2) is 34.9 Å². The van der Waals surface area contributed by atoms with E-state index in [1.54, 1.807) is 12.1 Å². The van der Waals surface area contributed by atoms with Gasteiger partial charge in [-0.1, -0.05) is 11.6 Å². The maximum Gasteiger partial charge on any atom is 0.298 e. The minimum absolute atomic E-state index is 0.0900. The van der Waals surface area contributed by atoms with Crippen molar-refractivity contribution in [2.45, 2.75) is 19.3 Å². The first-order valence-electron chi connectivity index (χ1n) is 4.81. The zero-order valence-electron chi connectivity index (χ0n) is 8.88. The number of rotatable bonds is 3. The lowest BCUT2D eigenvalue weighted by Crippen LogP contribution is -2.03. The van der Waals surface area contributed by atoms with Gasteiger partial charge in [-0.3, -0.25) is 10.1 Å². The molecule has 0 saturated carbocycles. The van der Waals surface area contributed by atoms with Gasteiger partial charge in [-0.2, -0.15) is 0 Å². The molecule has 0 aromatic heterocycles. The average Bonchev–Trinajstić information content (AvgIpc) is 2.31. The van der Waals surface area contributed by atoms with Crippen LogP contribution in [0, 0.1) is 28.0 Å². The van der Waals surface area contributed by atoms with Gasteiger partial charge in [0.1, 0.15) is 5.76 Å². The normalized spacial score (nSPS) is 15.9. The topological polar surface area (TPSA) is 91.5 Å². The summed E-state index contributed by atoms with van der Waals surface area (Å²) in [5, 5.41) is 28.5. The van der Waals surface area contributed by atoms with E-state index in [2.05, 4.69) is 4.85 Å². The Morgan fingerprint density at radius 1 is 1.65 bits per heavy atom. The predicted molar refractivity (Wildman–Crippen MR) is 58.9 cm³/mol. The summed E-state index contributed by atoms with van der Waals surface area (Å²) in [5.41, 5.74) is 0.558. The third kappa shape index (κ3) is 3.18. The fraction of sp³-hybridized carbons (Fsp3) is 0.273. The molecule has 86 valence electrons. The predicted octanol–water partition coefficient (Wildman–Crippen LogP) is 2.47. The zero-order valence-corrected chi connectivity index (χ0v) is 8.88. The first-order valence-corrected chi connectivity index (χ1v) is 4.81. The molecule has 0 aromatic carbocycles. The number of hydrogen-bond donors (Lipinski definition) is 1. The van der Waals surface area contributed by atoms with Crippen molar-refractivity contribution < 1.29 is 10.0 Å². The van der Waals surface area contributed by atoms with Crippen molar-refractivity contribution in [3.63, 3.8) is 0 Å². The van der Waals surface area contributed by atoms with E-state index in [9.17, 15) is 15.2 Å². The largest absolute Gasteiger partial charge is 0.522 e. The summed E-state index contributed by atoms with van der Waals surface area (Å²) >= 11 is 0. The number of aliphatic hydroxyl groups is 1. The number of hydrogen-bond acceptors (Lipinski definition) is 4. The lowest BCUT2D eigenvalue weighted by Gasteiger charge is -2.09. The monoisotopic (exact) mass is 231 g/mol. The molecule has 0 fully saturated rings. The molecule has 1 N–H and O–H groups in total. The van der Waals surface area contributed by atoms with Crippen LogP contribution in [0.3, 0.4) is 0 Å². The van der Waals surface area contributed by atoms with Crippen LogP contribution in [0.4, 0.5) is 0 Å². The highest BCUT2D eigenvalue weighted by molar-refractivity contribution is 5.33. The van der Waals surface area contributed by atoms with Gasteiger partial charge in [-0.15, -0.1) is 0 Å². The molecule has 0 aliphatic heterocycles.